The van der Waals surface area contributed by atoms with E-state index in [9.17, 15) is 0 Å². The molecule has 0 bridgehead atoms. The van der Waals surface area contributed by atoms with Gasteiger partial charge in [0.15, 0.2) is 0 Å². The molecule has 1 aliphatic rings. The van der Waals surface area contributed by atoms with Crippen LogP contribution in [0.5, 0.6) is 0 Å². The Morgan fingerprint density at radius 2 is 1.84 bits per heavy atom. The lowest BCUT2D eigenvalue weighted by Crippen LogP contribution is -2.19. The number of benzene rings is 1. The van der Waals surface area contributed by atoms with Crippen molar-refractivity contribution in [2.75, 3.05) is 16.8 Å². The van der Waals surface area contributed by atoms with Crippen LogP contribution in [0.3, 0.4) is 0 Å². The van der Waals surface area contributed by atoms with E-state index in [-0.39, 0.29) is 5.28 Å². The second-order valence-electron chi connectivity index (χ2n) is 4.38. The molecule has 5 nitrogen and oxygen atoms in total. The van der Waals surface area contributed by atoms with Gasteiger partial charge in [-0.2, -0.15) is 15.0 Å². The summed E-state index contributed by atoms with van der Waals surface area (Å²) in [6.07, 6.45) is 0. The fourth-order valence-electron chi connectivity index (χ4n) is 2.19. The number of hydrogen-bond acceptors (Lipinski definition) is 5. The van der Waals surface area contributed by atoms with Crippen molar-refractivity contribution in [3.05, 3.63) is 40.7 Å². The molecule has 2 heterocycles. The van der Waals surface area contributed by atoms with Gasteiger partial charge in [0.2, 0.25) is 17.2 Å². The van der Waals surface area contributed by atoms with E-state index >= 15 is 0 Å². The Morgan fingerprint density at radius 3 is 2.47 bits per heavy atom. The third kappa shape index (κ3) is 2.46. The van der Waals surface area contributed by atoms with Crippen LogP contribution in [-0.2, 0) is 13.1 Å². The zero-order valence-corrected chi connectivity index (χ0v) is 11.4. The van der Waals surface area contributed by atoms with Crippen molar-refractivity contribution in [2.24, 2.45) is 0 Å². The fourth-order valence-corrected chi connectivity index (χ4v) is 2.35. The van der Waals surface area contributed by atoms with Crippen molar-refractivity contribution < 1.29 is 0 Å². The van der Waals surface area contributed by atoms with Crippen LogP contribution in [0.2, 0.25) is 5.28 Å². The average Bonchev–Trinajstić information content (AvgIpc) is 2.82. The molecule has 0 saturated carbocycles. The maximum absolute atomic E-state index is 5.95. The molecule has 0 unspecified atom stereocenters. The maximum Gasteiger partial charge on any atom is 0.232 e. The lowest BCUT2D eigenvalue weighted by atomic mass is 10.1. The van der Waals surface area contributed by atoms with Crippen LogP contribution in [0.15, 0.2) is 24.3 Å². The number of halogens is 1. The number of nitrogens with zero attached hydrogens (tertiary/aromatic N) is 4. The average molecular weight is 276 g/mol. The zero-order chi connectivity index (χ0) is 13.2. The van der Waals surface area contributed by atoms with Gasteiger partial charge in [-0.05, 0) is 29.7 Å². The molecule has 0 amide bonds. The van der Waals surface area contributed by atoms with Gasteiger partial charge < -0.3 is 10.2 Å². The molecule has 1 aromatic heterocycles. The van der Waals surface area contributed by atoms with Gasteiger partial charge in [0.1, 0.15) is 0 Å². The Morgan fingerprint density at radius 1 is 1.16 bits per heavy atom. The number of rotatable bonds is 3. The SMILES string of the molecule is CCNc1nc(Cl)nc(N2Cc3ccccc3C2)n1. The highest BCUT2D eigenvalue weighted by molar-refractivity contribution is 6.28. The molecule has 98 valence electrons. The van der Waals surface area contributed by atoms with Gasteiger partial charge in [-0.15, -0.1) is 0 Å². The molecule has 0 aliphatic carbocycles. The molecule has 0 saturated heterocycles. The van der Waals surface area contributed by atoms with Gasteiger partial charge in [0, 0.05) is 19.6 Å². The van der Waals surface area contributed by atoms with Crippen LogP contribution in [0.4, 0.5) is 11.9 Å². The van der Waals surface area contributed by atoms with Crippen LogP contribution in [-0.4, -0.2) is 21.5 Å². The summed E-state index contributed by atoms with van der Waals surface area (Å²) in [7, 11) is 0. The number of fused-ring (bicyclic) bond motifs is 1. The summed E-state index contributed by atoms with van der Waals surface area (Å²) in [4.78, 5) is 14.8. The van der Waals surface area contributed by atoms with E-state index in [2.05, 4.69) is 37.3 Å². The first-order valence-corrected chi connectivity index (χ1v) is 6.61. The molecule has 0 spiro atoms. The molecule has 2 aromatic rings. The largest absolute Gasteiger partial charge is 0.354 e. The van der Waals surface area contributed by atoms with Gasteiger partial charge in [0.25, 0.3) is 0 Å². The van der Waals surface area contributed by atoms with Crippen LogP contribution in [0, 0.1) is 0 Å². The lowest BCUT2D eigenvalue weighted by molar-refractivity contribution is 0.817. The first-order chi connectivity index (χ1) is 9.26. The summed E-state index contributed by atoms with van der Waals surface area (Å²) in [5, 5.41) is 3.28. The van der Waals surface area contributed by atoms with Crippen LogP contribution in [0.1, 0.15) is 18.1 Å². The van der Waals surface area contributed by atoms with Crippen molar-refractivity contribution >= 4 is 23.5 Å². The normalized spacial score (nSPS) is 13.5. The zero-order valence-electron chi connectivity index (χ0n) is 10.6. The molecule has 1 aromatic carbocycles. The highest BCUT2D eigenvalue weighted by Gasteiger charge is 2.21. The topological polar surface area (TPSA) is 53.9 Å². The van der Waals surface area contributed by atoms with Gasteiger partial charge in [0.05, 0.1) is 0 Å². The Kier molecular flexibility index (Phi) is 3.21. The van der Waals surface area contributed by atoms with E-state index in [0.717, 1.165) is 19.6 Å². The highest BCUT2D eigenvalue weighted by atomic mass is 35.5. The van der Waals surface area contributed by atoms with Gasteiger partial charge in [-0.25, -0.2) is 0 Å². The minimum atomic E-state index is 0.219. The first-order valence-electron chi connectivity index (χ1n) is 6.23. The first kappa shape index (κ1) is 12.2. The standard InChI is InChI=1S/C13H14ClN5/c1-2-15-12-16-11(14)17-13(18-12)19-7-9-5-3-4-6-10(9)8-19/h3-6H,2,7-8H2,1H3,(H,15,16,17,18). The van der Waals surface area contributed by atoms with Crippen molar-refractivity contribution in [1.82, 2.24) is 15.0 Å². The van der Waals surface area contributed by atoms with Crippen LogP contribution in [0.25, 0.3) is 0 Å². The van der Waals surface area contributed by atoms with Crippen molar-refractivity contribution in [3.63, 3.8) is 0 Å². The molecule has 19 heavy (non-hydrogen) atoms. The summed E-state index contributed by atoms with van der Waals surface area (Å²) in [5.41, 5.74) is 2.62. The van der Waals surface area contributed by atoms with E-state index in [4.69, 9.17) is 11.6 Å². The fraction of sp³-hybridized carbons (Fsp3) is 0.308. The molecular weight excluding hydrogens is 262 g/mol. The number of nitrogens with one attached hydrogen (secondary N) is 1. The van der Waals surface area contributed by atoms with Crippen molar-refractivity contribution in [1.29, 1.82) is 0 Å². The Hall–Kier alpha value is -1.88. The van der Waals surface area contributed by atoms with E-state index < -0.39 is 0 Å². The molecule has 0 radical (unpaired) electrons. The van der Waals surface area contributed by atoms with E-state index in [1.165, 1.54) is 11.1 Å². The summed E-state index contributed by atoms with van der Waals surface area (Å²) in [6, 6.07) is 8.35. The molecule has 0 atom stereocenters. The number of hydrogen-bond donors (Lipinski definition) is 1. The molecule has 1 N–H and O–H groups in total. The minimum absolute atomic E-state index is 0.219. The van der Waals surface area contributed by atoms with E-state index in [1.54, 1.807) is 0 Å². The molecule has 0 fully saturated rings. The van der Waals surface area contributed by atoms with E-state index in [1.807, 2.05) is 19.1 Å². The number of anilines is 2. The Balaban J connectivity index is 1.88. The molecule has 6 heteroatoms. The predicted molar refractivity (Wildman–Crippen MR) is 75.3 cm³/mol. The smallest absolute Gasteiger partial charge is 0.232 e. The minimum Gasteiger partial charge on any atom is -0.354 e. The van der Waals surface area contributed by atoms with Crippen molar-refractivity contribution in [3.8, 4) is 0 Å². The Labute approximate surface area is 116 Å². The Bertz CT molecular complexity index is 576. The third-order valence-electron chi connectivity index (χ3n) is 3.05. The highest BCUT2D eigenvalue weighted by Crippen LogP contribution is 2.26. The maximum atomic E-state index is 5.95. The number of aromatic nitrogens is 3. The third-order valence-corrected chi connectivity index (χ3v) is 3.22. The van der Waals surface area contributed by atoms with Crippen molar-refractivity contribution in [2.45, 2.75) is 20.0 Å². The summed E-state index contributed by atoms with van der Waals surface area (Å²) in [6.45, 7) is 4.35. The summed E-state index contributed by atoms with van der Waals surface area (Å²) in [5.74, 6) is 1.14. The van der Waals surface area contributed by atoms with Gasteiger partial charge >= 0.3 is 0 Å². The van der Waals surface area contributed by atoms with Gasteiger partial charge in [-0.1, -0.05) is 24.3 Å². The summed E-state index contributed by atoms with van der Waals surface area (Å²) >= 11 is 5.95. The molecular formula is C13H14ClN5. The second kappa shape index (κ2) is 5.01. The predicted octanol–water partition coefficient (Wildman–Crippen LogP) is 2.48. The summed E-state index contributed by atoms with van der Waals surface area (Å²) < 4.78 is 0. The van der Waals surface area contributed by atoms with E-state index in [0.29, 0.717) is 11.9 Å². The molecule has 1 aliphatic heterocycles. The monoisotopic (exact) mass is 275 g/mol. The van der Waals surface area contributed by atoms with Crippen LogP contribution >= 0.6 is 11.6 Å². The van der Waals surface area contributed by atoms with Gasteiger partial charge in [-0.3, -0.25) is 0 Å². The lowest BCUT2D eigenvalue weighted by Gasteiger charge is -2.15. The second-order valence-corrected chi connectivity index (χ2v) is 4.72. The quantitative estimate of drug-likeness (QED) is 0.933. The van der Waals surface area contributed by atoms with Crippen LogP contribution < -0.4 is 10.2 Å². The molecule has 3 rings (SSSR count).